The molecule has 1 aliphatic heterocycles. The van der Waals surface area contributed by atoms with Gasteiger partial charge in [0.25, 0.3) is 5.91 Å². The van der Waals surface area contributed by atoms with Crippen molar-refractivity contribution >= 4 is 23.6 Å². The number of nitrogens with zero attached hydrogens (tertiary/aromatic N) is 2. The second-order valence-electron chi connectivity index (χ2n) is 9.09. The molecule has 2 aromatic carbocycles. The smallest absolute Gasteiger partial charge is 0.255 e. The summed E-state index contributed by atoms with van der Waals surface area (Å²) < 4.78 is 5.74. The molecule has 208 valence electrons. The van der Waals surface area contributed by atoms with E-state index in [0.717, 1.165) is 0 Å². The van der Waals surface area contributed by atoms with Gasteiger partial charge in [0.05, 0.1) is 24.2 Å². The number of ether oxygens (including phenoxy) is 1. The quantitative estimate of drug-likeness (QED) is 0.293. The molecule has 4 amide bonds. The van der Waals surface area contributed by atoms with E-state index in [0.29, 0.717) is 17.7 Å². The number of rotatable bonds is 6. The molecule has 0 aliphatic carbocycles. The lowest BCUT2D eigenvalue weighted by Gasteiger charge is -2.23. The van der Waals surface area contributed by atoms with Crippen LogP contribution in [0.3, 0.4) is 0 Å². The Morgan fingerprint density at radius 1 is 1.05 bits per heavy atom. The Morgan fingerprint density at radius 2 is 1.85 bits per heavy atom. The van der Waals surface area contributed by atoms with E-state index in [9.17, 15) is 24.3 Å². The van der Waals surface area contributed by atoms with Gasteiger partial charge in [-0.15, -0.1) is 0 Å². The summed E-state index contributed by atoms with van der Waals surface area (Å²) in [5.41, 5.74) is 1.56. The normalized spacial score (nSPS) is 18.1. The number of carbonyl (C=O) groups is 4. The van der Waals surface area contributed by atoms with Gasteiger partial charge in [0, 0.05) is 38.0 Å². The molecule has 4 rings (SSSR count). The Balaban J connectivity index is 1.53. The molecule has 12 nitrogen and oxygen atoms in total. The fraction of sp³-hybridized carbons (Fsp3) is 0.286. The lowest BCUT2D eigenvalue weighted by Crippen LogP contribution is -2.53. The molecule has 0 radical (unpaired) electrons. The van der Waals surface area contributed by atoms with Gasteiger partial charge in [0.15, 0.2) is 0 Å². The number of carbonyl (C=O) groups excluding carboxylic acids is 4. The average Bonchev–Trinajstić information content (AvgIpc) is 2.96. The Bertz CT molecular complexity index is 1330. The Morgan fingerprint density at radius 3 is 2.62 bits per heavy atom. The largest absolute Gasteiger partial charge is 0.508 e. The first-order valence-electron chi connectivity index (χ1n) is 12.8. The average molecular weight is 547 g/mol. The molecule has 2 heterocycles. The van der Waals surface area contributed by atoms with Gasteiger partial charge >= 0.3 is 0 Å². The highest BCUT2D eigenvalue weighted by Gasteiger charge is 2.28. The van der Waals surface area contributed by atoms with Crippen molar-refractivity contribution in [2.24, 2.45) is 0 Å². The number of phenolic OH excluding ortho intramolecular Hbond substituents is 1. The summed E-state index contributed by atoms with van der Waals surface area (Å²) in [5, 5.41) is 20.4. The standard InChI is InChI=1S/C28H30N6O6/c35-20-7-5-18(6-8-20)15-22-27(38)32-13-14-40-24-4-2-1-3-21(24)26(37)34-23(16-25(36)33-22)28(39)31-10-9-19-17-29-11-12-30-19/h1-8,11-12,17,22-23,35H,9-10,13-16H2,(H,31,39)(H,32,38)(H,33,36)(H,34,37)/t22-,23-/m0/s1. The van der Waals surface area contributed by atoms with Gasteiger partial charge in [-0.2, -0.15) is 0 Å². The van der Waals surface area contributed by atoms with Crippen LogP contribution in [0.4, 0.5) is 0 Å². The van der Waals surface area contributed by atoms with Crippen molar-refractivity contribution in [3.8, 4) is 11.5 Å². The van der Waals surface area contributed by atoms with E-state index in [-0.39, 0.29) is 43.2 Å². The van der Waals surface area contributed by atoms with E-state index in [2.05, 4.69) is 31.2 Å². The predicted octanol–water partition coefficient (Wildman–Crippen LogP) is 0.266. The van der Waals surface area contributed by atoms with Crippen LogP contribution in [0, 0.1) is 0 Å². The van der Waals surface area contributed by atoms with E-state index < -0.39 is 42.1 Å². The molecule has 0 fully saturated rings. The number of nitrogens with one attached hydrogen (secondary N) is 4. The maximum absolute atomic E-state index is 13.2. The predicted molar refractivity (Wildman–Crippen MR) is 143 cm³/mol. The van der Waals surface area contributed by atoms with E-state index >= 15 is 0 Å². The van der Waals surface area contributed by atoms with Gasteiger partial charge in [0.1, 0.15) is 30.2 Å². The number of para-hydroxylation sites is 1. The van der Waals surface area contributed by atoms with Gasteiger partial charge in [0.2, 0.25) is 17.7 Å². The number of hydrogen-bond donors (Lipinski definition) is 5. The summed E-state index contributed by atoms with van der Waals surface area (Å²) in [6.45, 7) is 0.410. The number of phenols is 1. The van der Waals surface area contributed by atoms with Gasteiger partial charge in [-0.3, -0.25) is 29.1 Å². The molecule has 40 heavy (non-hydrogen) atoms. The number of aromatic hydroxyl groups is 1. The molecule has 1 aromatic heterocycles. The van der Waals surface area contributed by atoms with Crippen molar-refractivity contribution in [2.75, 3.05) is 19.7 Å². The molecule has 0 saturated heterocycles. The third-order valence-electron chi connectivity index (χ3n) is 6.13. The first-order valence-corrected chi connectivity index (χ1v) is 12.8. The second kappa shape index (κ2) is 13.7. The first kappa shape index (κ1) is 28.0. The van der Waals surface area contributed by atoms with E-state index in [4.69, 9.17) is 4.74 Å². The summed E-state index contributed by atoms with van der Waals surface area (Å²) in [4.78, 5) is 60.6. The van der Waals surface area contributed by atoms with Crippen LogP contribution in [-0.2, 0) is 27.2 Å². The maximum atomic E-state index is 13.2. The zero-order valence-corrected chi connectivity index (χ0v) is 21.6. The molecule has 0 saturated carbocycles. The number of amides is 4. The number of fused-ring (bicyclic) bond motifs is 1. The number of hydrogen-bond acceptors (Lipinski definition) is 8. The van der Waals surface area contributed by atoms with Gasteiger partial charge < -0.3 is 31.1 Å². The Kier molecular flexibility index (Phi) is 9.59. The monoisotopic (exact) mass is 546 g/mol. The lowest BCUT2D eigenvalue weighted by molar-refractivity contribution is -0.131. The van der Waals surface area contributed by atoms with Crippen LogP contribution in [-0.4, -0.2) is 70.5 Å². The topological polar surface area (TPSA) is 172 Å². The Hall–Kier alpha value is -5.00. The molecule has 0 spiro atoms. The fourth-order valence-corrected chi connectivity index (χ4v) is 4.10. The summed E-state index contributed by atoms with van der Waals surface area (Å²) in [7, 11) is 0. The summed E-state index contributed by atoms with van der Waals surface area (Å²) in [5.74, 6) is -1.85. The van der Waals surface area contributed by atoms with Crippen LogP contribution in [0.5, 0.6) is 11.5 Å². The zero-order chi connectivity index (χ0) is 28.3. The highest BCUT2D eigenvalue weighted by atomic mass is 16.5. The van der Waals surface area contributed by atoms with Crippen molar-refractivity contribution in [1.82, 2.24) is 31.2 Å². The van der Waals surface area contributed by atoms with Gasteiger partial charge in [-0.25, -0.2) is 0 Å². The van der Waals surface area contributed by atoms with Crippen molar-refractivity contribution < 1.29 is 29.0 Å². The van der Waals surface area contributed by atoms with Crippen LogP contribution in [0.1, 0.15) is 28.0 Å². The molecule has 1 aliphatic rings. The van der Waals surface area contributed by atoms with Crippen LogP contribution in [0.25, 0.3) is 0 Å². The van der Waals surface area contributed by atoms with Crippen LogP contribution in [0.2, 0.25) is 0 Å². The molecule has 12 heteroatoms. The first-order chi connectivity index (χ1) is 19.4. The minimum absolute atomic E-state index is 0.0716. The van der Waals surface area contributed by atoms with Crippen LogP contribution < -0.4 is 26.0 Å². The Labute approximate surface area is 230 Å². The number of benzene rings is 2. The maximum Gasteiger partial charge on any atom is 0.255 e. The minimum atomic E-state index is -1.23. The molecular formula is C28H30N6O6. The van der Waals surface area contributed by atoms with E-state index in [1.807, 2.05) is 0 Å². The third kappa shape index (κ3) is 8.00. The van der Waals surface area contributed by atoms with Crippen molar-refractivity contribution in [2.45, 2.75) is 31.3 Å². The highest BCUT2D eigenvalue weighted by Crippen LogP contribution is 2.18. The lowest BCUT2D eigenvalue weighted by atomic mass is 10.0. The van der Waals surface area contributed by atoms with Crippen molar-refractivity contribution in [3.05, 3.63) is 83.9 Å². The van der Waals surface area contributed by atoms with Crippen molar-refractivity contribution in [1.29, 1.82) is 0 Å². The molecule has 0 unspecified atom stereocenters. The second-order valence-corrected chi connectivity index (χ2v) is 9.09. The van der Waals surface area contributed by atoms with Crippen LogP contribution in [0.15, 0.2) is 67.1 Å². The fourth-order valence-electron chi connectivity index (χ4n) is 4.10. The minimum Gasteiger partial charge on any atom is -0.508 e. The number of aromatic nitrogens is 2. The van der Waals surface area contributed by atoms with E-state index in [1.165, 1.54) is 12.1 Å². The van der Waals surface area contributed by atoms with Crippen LogP contribution >= 0.6 is 0 Å². The van der Waals surface area contributed by atoms with Crippen molar-refractivity contribution in [3.63, 3.8) is 0 Å². The molecule has 0 bridgehead atoms. The molecule has 3 aromatic rings. The molecular weight excluding hydrogens is 516 g/mol. The summed E-state index contributed by atoms with van der Waals surface area (Å²) in [6.07, 6.45) is 4.80. The molecule has 5 N–H and O–H groups in total. The summed E-state index contributed by atoms with van der Waals surface area (Å²) >= 11 is 0. The van der Waals surface area contributed by atoms with Gasteiger partial charge in [-0.1, -0.05) is 24.3 Å². The summed E-state index contributed by atoms with van der Waals surface area (Å²) in [6, 6.07) is 10.6. The highest BCUT2D eigenvalue weighted by molar-refractivity contribution is 6.01. The molecule has 2 atom stereocenters. The van der Waals surface area contributed by atoms with E-state index in [1.54, 1.807) is 55.0 Å². The zero-order valence-electron chi connectivity index (χ0n) is 21.6. The SMILES string of the molecule is O=C1C[C@@H](C(=O)NCCc2cnccn2)NC(=O)c2ccccc2OCCNC(=O)[C@H](Cc2ccc(O)cc2)N1. The third-order valence-corrected chi connectivity index (χ3v) is 6.13. The van der Waals surface area contributed by atoms with Gasteiger partial charge in [-0.05, 0) is 29.8 Å².